The van der Waals surface area contributed by atoms with Crippen molar-refractivity contribution in [3.05, 3.63) is 23.7 Å². The van der Waals surface area contributed by atoms with Crippen LogP contribution in [-0.4, -0.2) is 94.4 Å². The summed E-state index contributed by atoms with van der Waals surface area (Å²) in [7, 11) is 0. The van der Waals surface area contributed by atoms with E-state index in [-0.39, 0.29) is 23.1 Å². The average molecular weight is 642 g/mol. The van der Waals surface area contributed by atoms with E-state index < -0.39 is 12.1 Å². The lowest BCUT2D eigenvalue weighted by atomic mass is 9.74. The lowest BCUT2D eigenvalue weighted by molar-refractivity contribution is -0.192. The second-order valence-corrected chi connectivity index (χ2v) is 13.7. The molecule has 254 valence electrons. The lowest BCUT2D eigenvalue weighted by Gasteiger charge is -2.55. The van der Waals surface area contributed by atoms with Crippen molar-refractivity contribution in [2.24, 2.45) is 11.8 Å². The van der Waals surface area contributed by atoms with Crippen LogP contribution in [0, 0.1) is 18.8 Å². The van der Waals surface area contributed by atoms with Crippen LogP contribution in [0.25, 0.3) is 0 Å². The van der Waals surface area contributed by atoms with Crippen molar-refractivity contribution in [1.82, 2.24) is 14.7 Å². The lowest BCUT2D eigenvalue weighted by Crippen LogP contribution is -2.63. The quantitative estimate of drug-likeness (QED) is 0.346. The highest BCUT2D eigenvalue weighted by Gasteiger charge is 2.51. The number of alkyl halides is 3. The number of halogens is 3. The SMILES string of the molecule is CCCCC1CN(CC2CCCCC2)C(=O)OC12CCN(C1(C)CCN(C(=O)c3ccoc3C)CC1)CC2.O=C(O)C(F)(F)F. The van der Waals surface area contributed by atoms with Crippen molar-refractivity contribution in [2.75, 3.05) is 39.3 Å². The van der Waals surface area contributed by atoms with Crippen molar-refractivity contribution in [1.29, 1.82) is 0 Å². The molecule has 4 heterocycles. The first-order valence-corrected chi connectivity index (χ1v) is 16.6. The van der Waals surface area contributed by atoms with Gasteiger partial charge in [0.1, 0.15) is 11.4 Å². The Labute approximate surface area is 264 Å². The van der Waals surface area contributed by atoms with Crippen LogP contribution < -0.4 is 0 Å². The molecule has 9 nitrogen and oxygen atoms in total. The topological polar surface area (TPSA) is 104 Å². The third-order valence-corrected chi connectivity index (χ3v) is 10.7. The van der Waals surface area contributed by atoms with E-state index in [1.807, 2.05) is 11.8 Å². The summed E-state index contributed by atoms with van der Waals surface area (Å²) in [5.41, 5.74) is 0.454. The number of aryl methyl sites for hydroxylation is 1. The van der Waals surface area contributed by atoms with Gasteiger partial charge in [-0.3, -0.25) is 9.69 Å². The Hall–Kier alpha value is -2.76. The summed E-state index contributed by atoms with van der Waals surface area (Å²) >= 11 is 0. The summed E-state index contributed by atoms with van der Waals surface area (Å²) in [4.78, 5) is 41.8. The number of furan rings is 1. The number of carbonyl (C=O) groups is 3. The van der Waals surface area contributed by atoms with Crippen LogP contribution in [0.1, 0.15) is 107 Å². The molecule has 45 heavy (non-hydrogen) atoms. The number of unbranched alkanes of at least 4 members (excludes halogenated alkanes) is 1. The summed E-state index contributed by atoms with van der Waals surface area (Å²) < 4.78 is 43.5. The second kappa shape index (κ2) is 14.8. The van der Waals surface area contributed by atoms with Gasteiger partial charge in [-0.2, -0.15) is 13.2 Å². The molecular weight excluding hydrogens is 591 g/mol. The van der Waals surface area contributed by atoms with Gasteiger partial charge in [0.05, 0.1) is 11.8 Å². The molecule has 1 unspecified atom stereocenters. The number of piperidine rings is 2. The smallest absolute Gasteiger partial charge is 0.475 e. The van der Waals surface area contributed by atoms with Gasteiger partial charge in [-0.25, -0.2) is 9.59 Å². The van der Waals surface area contributed by atoms with Gasteiger partial charge in [0, 0.05) is 63.6 Å². The van der Waals surface area contributed by atoms with Gasteiger partial charge in [0.15, 0.2) is 0 Å². The normalized spacial score (nSPS) is 24.1. The molecule has 3 aliphatic heterocycles. The molecule has 5 rings (SSSR count). The number of likely N-dealkylation sites (tertiary alicyclic amines) is 2. The number of hydrogen-bond donors (Lipinski definition) is 1. The summed E-state index contributed by atoms with van der Waals surface area (Å²) in [6.45, 7) is 11.7. The Balaban J connectivity index is 0.000000591. The molecule has 1 N–H and O–H groups in total. The monoisotopic (exact) mass is 641 g/mol. The molecule has 2 amide bonds. The van der Waals surface area contributed by atoms with E-state index in [4.69, 9.17) is 19.1 Å². The molecule has 0 bridgehead atoms. The van der Waals surface area contributed by atoms with Crippen molar-refractivity contribution < 1.29 is 41.8 Å². The summed E-state index contributed by atoms with van der Waals surface area (Å²) in [6, 6.07) is 1.78. The molecule has 1 aromatic rings. The fourth-order valence-corrected chi connectivity index (χ4v) is 7.68. The Morgan fingerprint density at radius 2 is 1.67 bits per heavy atom. The molecule has 12 heteroatoms. The fraction of sp³-hybridized carbons (Fsp3) is 0.788. The van der Waals surface area contributed by atoms with Gasteiger partial charge in [-0.15, -0.1) is 0 Å². The van der Waals surface area contributed by atoms with Gasteiger partial charge in [0.2, 0.25) is 0 Å². The fourth-order valence-electron chi connectivity index (χ4n) is 7.68. The molecule has 3 saturated heterocycles. The minimum atomic E-state index is -5.08. The number of rotatable bonds is 7. The van der Waals surface area contributed by atoms with Crippen molar-refractivity contribution in [3.8, 4) is 0 Å². The number of hydrogen-bond acceptors (Lipinski definition) is 6. The largest absolute Gasteiger partial charge is 0.490 e. The molecule has 1 saturated carbocycles. The molecule has 4 fully saturated rings. The average Bonchev–Trinajstić information content (AvgIpc) is 3.44. The Bertz CT molecular complexity index is 1150. The molecule has 1 atom stereocenters. The van der Waals surface area contributed by atoms with Crippen molar-refractivity contribution in [3.63, 3.8) is 0 Å². The first kappa shape index (κ1) is 35.1. The molecule has 1 spiro atoms. The number of carbonyl (C=O) groups excluding carboxylic acids is 2. The van der Waals surface area contributed by atoms with Crippen molar-refractivity contribution >= 4 is 18.0 Å². The maximum atomic E-state index is 13.3. The third kappa shape index (κ3) is 8.54. The number of nitrogens with zero attached hydrogens (tertiary/aromatic N) is 3. The molecular formula is C33H50F3N3O6. The first-order valence-electron chi connectivity index (χ1n) is 16.6. The number of amides is 2. The number of carboxylic acid groups (broad SMARTS) is 1. The molecule has 0 radical (unpaired) electrons. The van der Waals surface area contributed by atoms with E-state index in [9.17, 15) is 22.8 Å². The van der Waals surface area contributed by atoms with Crippen LogP contribution in [0.15, 0.2) is 16.7 Å². The Morgan fingerprint density at radius 1 is 1.04 bits per heavy atom. The van der Waals surface area contributed by atoms with Crippen LogP contribution in [-0.2, 0) is 9.53 Å². The second-order valence-electron chi connectivity index (χ2n) is 13.7. The zero-order valence-electron chi connectivity index (χ0n) is 27.0. The van der Waals surface area contributed by atoms with Gasteiger partial charge >= 0.3 is 18.2 Å². The molecule has 1 aromatic heterocycles. The van der Waals surface area contributed by atoms with Crippen LogP contribution >= 0.6 is 0 Å². The predicted octanol–water partition coefficient (Wildman–Crippen LogP) is 6.89. The Morgan fingerprint density at radius 3 is 2.20 bits per heavy atom. The van der Waals surface area contributed by atoms with Crippen LogP contribution in [0.3, 0.4) is 0 Å². The summed E-state index contributed by atoms with van der Waals surface area (Å²) in [5, 5.41) is 7.12. The number of aliphatic carboxylic acids is 1. The minimum absolute atomic E-state index is 0.0654. The zero-order valence-corrected chi connectivity index (χ0v) is 27.0. The highest BCUT2D eigenvalue weighted by Crippen LogP contribution is 2.43. The van der Waals surface area contributed by atoms with Crippen molar-refractivity contribution in [2.45, 2.75) is 115 Å². The third-order valence-electron chi connectivity index (χ3n) is 10.7. The molecule has 0 aromatic carbocycles. The van der Waals surface area contributed by atoms with E-state index >= 15 is 0 Å². The van der Waals surface area contributed by atoms with E-state index in [0.29, 0.717) is 23.2 Å². The van der Waals surface area contributed by atoms with E-state index in [1.54, 1.807) is 12.3 Å². The zero-order chi connectivity index (χ0) is 32.8. The van der Waals surface area contributed by atoms with Crippen LogP contribution in [0.5, 0.6) is 0 Å². The maximum Gasteiger partial charge on any atom is 0.490 e. The van der Waals surface area contributed by atoms with Crippen LogP contribution in [0.4, 0.5) is 18.0 Å². The number of ether oxygens (including phenoxy) is 1. The van der Waals surface area contributed by atoms with E-state index in [2.05, 4.69) is 23.6 Å². The van der Waals surface area contributed by atoms with Crippen LogP contribution in [0.2, 0.25) is 0 Å². The highest BCUT2D eigenvalue weighted by molar-refractivity contribution is 5.95. The highest BCUT2D eigenvalue weighted by atomic mass is 19.4. The number of carboxylic acids is 1. The summed E-state index contributed by atoms with van der Waals surface area (Å²) in [6.07, 6.45) is 10.2. The standard InChI is InChI=1S/C31H49N3O4.C2HF3O2/c1-4-5-11-26-23-33(22-25-9-7-6-8-10-25)29(36)38-31(26)15-19-34(20-16-31)30(3)13-17-32(18-14-30)28(35)27-12-21-37-24(27)2;3-2(4,5)1(6)7/h12,21,25-26H,4-11,13-20,22-23H2,1-3H3;(H,6,7). The van der Waals surface area contributed by atoms with Gasteiger partial charge in [0.25, 0.3) is 5.91 Å². The Kier molecular flexibility index (Phi) is 11.5. The van der Waals surface area contributed by atoms with Gasteiger partial charge in [-0.1, -0.05) is 39.0 Å². The van der Waals surface area contributed by atoms with Gasteiger partial charge in [-0.05, 0) is 57.9 Å². The molecule has 1 aliphatic carbocycles. The predicted molar refractivity (Wildman–Crippen MR) is 162 cm³/mol. The first-order chi connectivity index (χ1) is 21.3. The van der Waals surface area contributed by atoms with E-state index in [0.717, 1.165) is 71.4 Å². The molecule has 4 aliphatic rings. The maximum absolute atomic E-state index is 13.3. The minimum Gasteiger partial charge on any atom is -0.475 e. The van der Waals surface area contributed by atoms with E-state index in [1.165, 1.54) is 44.9 Å². The van der Waals surface area contributed by atoms with Gasteiger partial charge < -0.3 is 24.1 Å². The summed E-state index contributed by atoms with van der Waals surface area (Å²) in [5.74, 6) is -0.902.